The smallest absolute Gasteiger partial charge is 0.356 e. The Morgan fingerprint density at radius 2 is 1.32 bits per heavy atom. The first-order chi connectivity index (χ1) is 8.51. The van der Waals surface area contributed by atoms with Gasteiger partial charge in [-0.15, -0.1) is 0 Å². The predicted octanol–water partition coefficient (Wildman–Crippen LogP) is 2.10. The van der Waals surface area contributed by atoms with Crippen molar-refractivity contribution in [3.8, 4) is 0 Å². The number of hydrogen-bond acceptors (Lipinski definition) is 2. The van der Waals surface area contributed by atoms with E-state index >= 15 is 0 Å². The van der Waals surface area contributed by atoms with Crippen LogP contribution >= 0.6 is 0 Å². The number of halogens is 3. The van der Waals surface area contributed by atoms with Crippen molar-refractivity contribution >= 4 is 11.8 Å². The maximum absolute atomic E-state index is 11.5. The molecule has 2 amide bonds. The highest BCUT2D eigenvalue weighted by atomic mass is 19.4. The molecule has 0 fully saturated rings. The third-order valence-electron chi connectivity index (χ3n) is 1.86. The summed E-state index contributed by atoms with van der Waals surface area (Å²) in [5.74, 6) is -0.734. The van der Waals surface area contributed by atoms with Crippen molar-refractivity contribution in [1.29, 1.82) is 0 Å². The Bertz CT molecular complexity index is 277. The van der Waals surface area contributed by atoms with Crippen LogP contribution in [0.3, 0.4) is 0 Å². The zero-order chi connectivity index (χ0) is 15.6. The first kappa shape index (κ1) is 20.1. The van der Waals surface area contributed by atoms with Crippen LogP contribution in [0.4, 0.5) is 13.2 Å². The van der Waals surface area contributed by atoms with Crippen LogP contribution in [0.2, 0.25) is 0 Å². The van der Waals surface area contributed by atoms with E-state index in [1.54, 1.807) is 5.32 Å². The molecule has 0 atom stereocenters. The van der Waals surface area contributed by atoms with Crippen LogP contribution in [0, 0.1) is 11.8 Å². The fraction of sp³-hybridized carbons (Fsp3) is 0.833. The molecule has 0 rings (SSSR count). The summed E-state index contributed by atoms with van der Waals surface area (Å²) >= 11 is 0. The van der Waals surface area contributed by atoms with Crippen LogP contribution in [0.15, 0.2) is 0 Å². The van der Waals surface area contributed by atoms with Gasteiger partial charge in [-0.1, -0.05) is 27.7 Å². The Kier molecular flexibility index (Phi) is 10.2. The largest absolute Gasteiger partial charge is 0.405 e. The van der Waals surface area contributed by atoms with Crippen molar-refractivity contribution in [2.45, 2.75) is 40.8 Å². The van der Waals surface area contributed by atoms with Gasteiger partial charge in [0.1, 0.15) is 6.54 Å². The zero-order valence-corrected chi connectivity index (χ0v) is 12.0. The minimum atomic E-state index is -4.31. The van der Waals surface area contributed by atoms with E-state index in [-0.39, 0.29) is 11.8 Å². The monoisotopic (exact) mass is 284 g/mol. The van der Waals surface area contributed by atoms with Gasteiger partial charge in [0.2, 0.25) is 11.8 Å². The number of rotatable bonds is 4. The maximum Gasteiger partial charge on any atom is 0.405 e. The normalized spacial score (nSPS) is 10.8. The van der Waals surface area contributed by atoms with Crippen LogP contribution in [0.1, 0.15) is 34.6 Å². The fourth-order valence-corrected chi connectivity index (χ4v) is 0.770. The molecule has 0 aromatic heterocycles. The first-order valence-electron chi connectivity index (χ1n) is 6.13. The number of carbonyl (C=O) groups excluding carboxylic acids is 2. The lowest BCUT2D eigenvalue weighted by Crippen LogP contribution is -2.36. The van der Waals surface area contributed by atoms with Crippen molar-refractivity contribution in [2.75, 3.05) is 13.1 Å². The quantitative estimate of drug-likeness (QED) is 0.830. The highest BCUT2D eigenvalue weighted by Gasteiger charge is 2.27. The van der Waals surface area contributed by atoms with Gasteiger partial charge in [-0.3, -0.25) is 9.59 Å². The second-order valence-corrected chi connectivity index (χ2v) is 4.54. The standard InChI is InChI=1S/C6H10F3NO.C6H13NO/c1-4(2)5(11)10-3-6(7,8)9;1-4-7-6(8)5(2)3/h4H,3H2,1-2H3,(H,10,11);5H,4H2,1-3H3,(H,7,8). The van der Waals surface area contributed by atoms with Gasteiger partial charge in [0.15, 0.2) is 0 Å². The number of alkyl halides is 3. The van der Waals surface area contributed by atoms with E-state index in [9.17, 15) is 22.8 Å². The molecular formula is C12H23F3N2O2. The van der Waals surface area contributed by atoms with E-state index in [2.05, 4.69) is 5.32 Å². The molecule has 0 unspecified atom stereocenters. The third kappa shape index (κ3) is 14.7. The number of nitrogens with one attached hydrogen (secondary N) is 2. The second kappa shape index (κ2) is 9.63. The Balaban J connectivity index is 0. The molecule has 0 aliphatic heterocycles. The van der Waals surface area contributed by atoms with E-state index < -0.39 is 24.5 Å². The summed E-state index contributed by atoms with van der Waals surface area (Å²) in [4.78, 5) is 21.2. The number of hydrogen-bond donors (Lipinski definition) is 2. The fourth-order valence-electron chi connectivity index (χ4n) is 0.770. The van der Waals surface area contributed by atoms with Crippen LogP contribution < -0.4 is 10.6 Å². The first-order valence-corrected chi connectivity index (χ1v) is 6.13. The number of carbonyl (C=O) groups is 2. The highest BCUT2D eigenvalue weighted by molar-refractivity contribution is 5.78. The SMILES string of the molecule is CC(C)C(=O)NCC(F)(F)F.CCNC(=O)C(C)C. The summed E-state index contributed by atoms with van der Waals surface area (Å²) in [7, 11) is 0. The van der Waals surface area contributed by atoms with Gasteiger partial charge in [0, 0.05) is 18.4 Å². The molecule has 7 heteroatoms. The van der Waals surface area contributed by atoms with Crippen molar-refractivity contribution in [1.82, 2.24) is 10.6 Å². The summed E-state index contributed by atoms with van der Waals surface area (Å²) in [6.07, 6.45) is -4.31. The lowest BCUT2D eigenvalue weighted by molar-refractivity contribution is -0.140. The Hall–Kier alpha value is -1.27. The van der Waals surface area contributed by atoms with Crippen LogP contribution in [-0.2, 0) is 9.59 Å². The van der Waals surface area contributed by atoms with Gasteiger partial charge in [0.25, 0.3) is 0 Å². The predicted molar refractivity (Wildman–Crippen MR) is 67.4 cm³/mol. The minimum absolute atomic E-state index is 0.120. The highest BCUT2D eigenvalue weighted by Crippen LogP contribution is 2.12. The van der Waals surface area contributed by atoms with Gasteiger partial charge in [-0.25, -0.2) is 0 Å². The summed E-state index contributed by atoms with van der Waals surface area (Å²) in [6, 6.07) is 0. The summed E-state index contributed by atoms with van der Waals surface area (Å²) in [5, 5.41) is 4.46. The molecule has 0 heterocycles. The van der Waals surface area contributed by atoms with Crippen LogP contribution in [0.5, 0.6) is 0 Å². The molecule has 2 N–H and O–H groups in total. The van der Waals surface area contributed by atoms with Gasteiger partial charge >= 0.3 is 6.18 Å². The zero-order valence-electron chi connectivity index (χ0n) is 12.0. The molecule has 114 valence electrons. The van der Waals surface area contributed by atoms with E-state index in [0.717, 1.165) is 6.54 Å². The van der Waals surface area contributed by atoms with E-state index in [0.29, 0.717) is 0 Å². The summed E-state index contributed by atoms with van der Waals surface area (Å²) in [6.45, 7) is 8.23. The molecule has 0 aliphatic rings. The second-order valence-electron chi connectivity index (χ2n) is 4.54. The van der Waals surface area contributed by atoms with E-state index in [1.807, 2.05) is 20.8 Å². The van der Waals surface area contributed by atoms with Crippen molar-refractivity contribution in [3.63, 3.8) is 0 Å². The molecule has 0 aliphatic carbocycles. The van der Waals surface area contributed by atoms with Gasteiger partial charge in [-0.2, -0.15) is 13.2 Å². The lowest BCUT2D eigenvalue weighted by atomic mass is 10.2. The van der Waals surface area contributed by atoms with Gasteiger partial charge in [0.05, 0.1) is 0 Å². The Morgan fingerprint density at radius 1 is 0.947 bits per heavy atom. The lowest BCUT2D eigenvalue weighted by Gasteiger charge is -2.09. The Labute approximate surface area is 112 Å². The molecule has 0 aromatic carbocycles. The van der Waals surface area contributed by atoms with Crippen LogP contribution in [-0.4, -0.2) is 31.1 Å². The molecule has 0 saturated heterocycles. The molecule has 0 radical (unpaired) electrons. The van der Waals surface area contributed by atoms with Crippen molar-refractivity contribution < 1.29 is 22.8 Å². The molecule has 0 saturated carbocycles. The summed E-state index contributed by atoms with van der Waals surface area (Å²) in [5.41, 5.74) is 0. The minimum Gasteiger partial charge on any atom is -0.356 e. The van der Waals surface area contributed by atoms with Gasteiger partial charge in [-0.05, 0) is 6.92 Å². The molecule has 0 bridgehead atoms. The molecular weight excluding hydrogens is 261 g/mol. The molecule has 19 heavy (non-hydrogen) atoms. The van der Waals surface area contributed by atoms with Crippen molar-refractivity contribution in [2.24, 2.45) is 11.8 Å². The number of amides is 2. The molecule has 4 nitrogen and oxygen atoms in total. The van der Waals surface area contributed by atoms with Crippen LogP contribution in [0.25, 0.3) is 0 Å². The van der Waals surface area contributed by atoms with E-state index in [4.69, 9.17) is 0 Å². The maximum atomic E-state index is 11.5. The Morgan fingerprint density at radius 3 is 1.53 bits per heavy atom. The van der Waals surface area contributed by atoms with E-state index in [1.165, 1.54) is 13.8 Å². The summed E-state index contributed by atoms with van der Waals surface area (Å²) < 4.78 is 34.4. The average molecular weight is 284 g/mol. The van der Waals surface area contributed by atoms with Crippen molar-refractivity contribution in [3.05, 3.63) is 0 Å². The third-order valence-corrected chi connectivity index (χ3v) is 1.86. The molecule has 0 aromatic rings. The average Bonchev–Trinajstić information content (AvgIpc) is 2.25. The molecule has 0 spiro atoms. The topological polar surface area (TPSA) is 58.2 Å². The van der Waals surface area contributed by atoms with Gasteiger partial charge < -0.3 is 10.6 Å².